The molecule has 4 rings (SSSR count). The van der Waals surface area contributed by atoms with Gasteiger partial charge in [-0.15, -0.1) is 0 Å². The summed E-state index contributed by atoms with van der Waals surface area (Å²) < 4.78 is 0. The lowest BCUT2D eigenvalue weighted by Gasteiger charge is -2.39. The summed E-state index contributed by atoms with van der Waals surface area (Å²) in [4.78, 5) is 40.8. The van der Waals surface area contributed by atoms with E-state index in [9.17, 15) is 19.5 Å². The van der Waals surface area contributed by atoms with Crippen molar-refractivity contribution in [1.82, 2.24) is 10.3 Å². The van der Waals surface area contributed by atoms with E-state index in [4.69, 9.17) is 23.2 Å². The van der Waals surface area contributed by atoms with E-state index in [1.54, 1.807) is 24.3 Å². The summed E-state index contributed by atoms with van der Waals surface area (Å²) in [6.07, 6.45) is 4.80. The molecule has 0 bridgehead atoms. The minimum atomic E-state index is -1.03. The van der Waals surface area contributed by atoms with Crippen LogP contribution in [0.5, 0.6) is 0 Å². The number of carboxylic acid groups (broad SMARTS) is 1. The van der Waals surface area contributed by atoms with Gasteiger partial charge in [0.1, 0.15) is 6.04 Å². The maximum atomic E-state index is 12.6. The largest absolute Gasteiger partial charge is 0.480 e. The van der Waals surface area contributed by atoms with Crippen molar-refractivity contribution >= 4 is 46.5 Å². The minimum Gasteiger partial charge on any atom is -0.480 e. The molecule has 0 saturated heterocycles. The molecule has 184 valence electrons. The molecule has 1 heterocycles. The number of anilines is 1. The van der Waals surface area contributed by atoms with Crippen molar-refractivity contribution in [2.24, 2.45) is 5.41 Å². The number of pyridine rings is 1. The molecule has 1 aliphatic carbocycles. The molecule has 0 spiro atoms. The first kappa shape index (κ1) is 25.4. The number of hydrogen-bond acceptors (Lipinski definition) is 5. The molecule has 9 heteroatoms. The van der Waals surface area contributed by atoms with E-state index in [1.165, 1.54) is 18.5 Å². The summed E-state index contributed by atoms with van der Waals surface area (Å²) in [5.41, 5.74) is 2.17. The third-order valence-corrected chi connectivity index (χ3v) is 6.75. The van der Waals surface area contributed by atoms with Crippen molar-refractivity contribution in [3.63, 3.8) is 0 Å². The molecule has 0 unspecified atom stereocenters. The smallest absolute Gasteiger partial charge is 0.326 e. The van der Waals surface area contributed by atoms with E-state index in [0.29, 0.717) is 17.8 Å². The minimum absolute atomic E-state index is 0.0347. The number of benzene rings is 2. The number of nitrogens with zero attached hydrogens (tertiary/aromatic N) is 1. The van der Waals surface area contributed by atoms with E-state index >= 15 is 0 Å². The SMILES string of the molecule is C[C@@]1(Cc2ccccc2)C(=O)C=C1N[C@@H](Cc1ccc(NC(=O)c2c(Cl)cncc2Cl)cc1)C(=O)O. The van der Waals surface area contributed by atoms with Gasteiger partial charge in [-0.25, -0.2) is 4.79 Å². The number of ketones is 1. The van der Waals surface area contributed by atoms with Gasteiger partial charge in [0.15, 0.2) is 5.78 Å². The molecule has 0 aliphatic heterocycles. The quantitative estimate of drug-likeness (QED) is 0.366. The van der Waals surface area contributed by atoms with Gasteiger partial charge in [0, 0.05) is 36.3 Å². The Morgan fingerprint density at radius 1 is 1.00 bits per heavy atom. The molecular weight excluding hydrogens is 501 g/mol. The van der Waals surface area contributed by atoms with Gasteiger partial charge in [-0.3, -0.25) is 14.6 Å². The fraction of sp³-hybridized carbons (Fsp3) is 0.185. The highest BCUT2D eigenvalue weighted by Crippen LogP contribution is 2.39. The Morgan fingerprint density at radius 3 is 2.22 bits per heavy atom. The van der Waals surface area contributed by atoms with Gasteiger partial charge < -0.3 is 15.7 Å². The normalized spacial score (nSPS) is 17.5. The van der Waals surface area contributed by atoms with Crippen LogP contribution in [-0.4, -0.2) is 33.8 Å². The molecule has 0 saturated carbocycles. The molecule has 1 amide bonds. The molecule has 36 heavy (non-hydrogen) atoms. The van der Waals surface area contributed by atoms with E-state index in [-0.39, 0.29) is 27.8 Å². The lowest BCUT2D eigenvalue weighted by atomic mass is 9.69. The van der Waals surface area contributed by atoms with Crippen LogP contribution in [0, 0.1) is 5.41 Å². The molecule has 1 aliphatic rings. The zero-order chi connectivity index (χ0) is 25.9. The van der Waals surface area contributed by atoms with Crippen molar-refractivity contribution < 1.29 is 19.5 Å². The number of halogens is 2. The maximum absolute atomic E-state index is 12.6. The van der Waals surface area contributed by atoms with Crippen LogP contribution >= 0.6 is 23.2 Å². The monoisotopic (exact) mass is 523 g/mol. The fourth-order valence-corrected chi connectivity index (χ4v) is 4.60. The fourth-order valence-electron chi connectivity index (χ4n) is 4.06. The number of amides is 1. The number of carbonyl (C=O) groups excluding carboxylic acids is 2. The highest BCUT2D eigenvalue weighted by Gasteiger charge is 2.45. The molecule has 0 radical (unpaired) electrons. The number of allylic oxidation sites excluding steroid dienone is 2. The van der Waals surface area contributed by atoms with Crippen LogP contribution in [-0.2, 0) is 22.4 Å². The van der Waals surface area contributed by atoms with E-state index in [1.807, 2.05) is 37.3 Å². The van der Waals surface area contributed by atoms with Gasteiger partial charge in [0.2, 0.25) is 0 Å². The van der Waals surface area contributed by atoms with Crippen LogP contribution < -0.4 is 10.6 Å². The van der Waals surface area contributed by atoms with Gasteiger partial charge in [-0.1, -0.05) is 65.7 Å². The zero-order valence-corrected chi connectivity index (χ0v) is 20.8. The molecule has 3 aromatic rings. The molecule has 2 atom stereocenters. The predicted octanol–water partition coefficient (Wildman–Crippen LogP) is 4.94. The first-order valence-corrected chi connectivity index (χ1v) is 11.9. The molecule has 3 N–H and O–H groups in total. The number of aliphatic carboxylic acids is 1. The van der Waals surface area contributed by atoms with Crippen molar-refractivity contribution in [3.05, 3.63) is 105 Å². The number of aromatic nitrogens is 1. The molecule has 7 nitrogen and oxygen atoms in total. The Balaban J connectivity index is 1.42. The van der Waals surface area contributed by atoms with Crippen molar-refractivity contribution in [1.29, 1.82) is 0 Å². The van der Waals surface area contributed by atoms with Gasteiger partial charge >= 0.3 is 5.97 Å². The van der Waals surface area contributed by atoms with Gasteiger partial charge in [0.25, 0.3) is 5.91 Å². The summed E-state index contributed by atoms with van der Waals surface area (Å²) >= 11 is 12.1. The third kappa shape index (κ3) is 5.42. The summed E-state index contributed by atoms with van der Waals surface area (Å²) in [6.45, 7) is 1.82. The Kier molecular flexibility index (Phi) is 7.43. The number of hydrogen-bond donors (Lipinski definition) is 3. The van der Waals surface area contributed by atoms with Crippen LogP contribution in [0.15, 0.2) is 78.8 Å². The maximum Gasteiger partial charge on any atom is 0.326 e. The Bertz CT molecular complexity index is 1320. The van der Waals surface area contributed by atoms with Crippen molar-refractivity contribution in [2.75, 3.05) is 5.32 Å². The summed E-state index contributed by atoms with van der Waals surface area (Å²) in [5.74, 6) is -1.55. The second-order valence-electron chi connectivity index (χ2n) is 8.79. The Labute approximate surface area is 218 Å². The highest BCUT2D eigenvalue weighted by atomic mass is 35.5. The summed E-state index contributed by atoms with van der Waals surface area (Å²) in [7, 11) is 0. The van der Waals surface area contributed by atoms with Crippen molar-refractivity contribution in [3.8, 4) is 0 Å². The number of rotatable bonds is 9. The Hall–Kier alpha value is -3.68. The molecular formula is C27H23Cl2N3O4. The standard InChI is InChI=1S/C27H23Cl2N3O4/c1-27(13-17-5-3-2-4-6-17)22(12-23(27)33)32-21(26(35)36)11-16-7-9-18(10-8-16)31-25(34)24-19(28)14-30-15-20(24)29/h2-10,12,14-15,21,32H,11,13H2,1H3,(H,31,34)(H,35,36)/t21-,27-/m0/s1. The van der Waals surface area contributed by atoms with Crippen LogP contribution in [0.25, 0.3) is 0 Å². The van der Waals surface area contributed by atoms with Gasteiger partial charge in [-0.05, 0) is 36.6 Å². The van der Waals surface area contributed by atoms with E-state index < -0.39 is 23.3 Å². The van der Waals surface area contributed by atoms with Crippen LogP contribution in [0.4, 0.5) is 5.69 Å². The Morgan fingerprint density at radius 2 is 1.64 bits per heavy atom. The lowest BCUT2D eigenvalue weighted by Crippen LogP contribution is -2.50. The second-order valence-corrected chi connectivity index (χ2v) is 9.60. The van der Waals surface area contributed by atoms with Crippen LogP contribution in [0.3, 0.4) is 0 Å². The van der Waals surface area contributed by atoms with Crippen LogP contribution in [0.1, 0.15) is 28.4 Å². The predicted molar refractivity (Wildman–Crippen MR) is 138 cm³/mol. The summed E-state index contributed by atoms with van der Waals surface area (Å²) in [6, 6.07) is 15.5. The van der Waals surface area contributed by atoms with E-state index in [0.717, 1.165) is 11.1 Å². The van der Waals surface area contributed by atoms with Crippen molar-refractivity contribution in [2.45, 2.75) is 25.8 Å². The number of nitrogens with one attached hydrogen (secondary N) is 2. The first-order valence-electron chi connectivity index (χ1n) is 11.2. The topological polar surface area (TPSA) is 108 Å². The van der Waals surface area contributed by atoms with E-state index in [2.05, 4.69) is 15.6 Å². The second kappa shape index (κ2) is 10.5. The summed E-state index contributed by atoms with van der Waals surface area (Å²) in [5, 5.41) is 15.9. The highest BCUT2D eigenvalue weighted by molar-refractivity contribution is 6.40. The zero-order valence-electron chi connectivity index (χ0n) is 19.3. The third-order valence-electron chi connectivity index (χ3n) is 6.17. The average molecular weight is 524 g/mol. The number of carboxylic acids is 1. The van der Waals surface area contributed by atoms with Crippen LogP contribution in [0.2, 0.25) is 10.0 Å². The van der Waals surface area contributed by atoms with Gasteiger partial charge in [0.05, 0.1) is 21.0 Å². The molecule has 1 aromatic heterocycles. The number of carbonyl (C=O) groups is 3. The average Bonchev–Trinajstić information content (AvgIpc) is 2.84. The lowest BCUT2D eigenvalue weighted by molar-refractivity contribution is -0.139. The van der Waals surface area contributed by atoms with Gasteiger partial charge in [-0.2, -0.15) is 0 Å². The molecule has 0 fully saturated rings. The molecule has 2 aromatic carbocycles. The first-order chi connectivity index (χ1) is 17.2.